The molecular formula is C66H40N4O2. The lowest BCUT2D eigenvalue weighted by atomic mass is 9.91. The Kier molecular flexibility index (Phi) is 9.81. The first-order chi connectivity index (χ1) is 35.5. The third-order valence-corrected chi connectivity index (χ3v) is 14.0. The lowest BCUT2D eigenvalue weighted by Crippen LogP contribution is -2.12. The van der Waals surface area contributed by atoms with E-state index >= 15 is 0 Å². The molecule has 0 aliphatic carbocycles. The predicted molar refractivity (Wildman–Crippen MR) is 297 cm³/mol. The number of allylic oxidation sites excluding steroid dienone is 4. The summed E-state index contributed by atoms with van der Waals surface area (Å²) in [6.07, 6.45) is 5.54. The van der Waals surface area contributed by atoms with Crippen LogP contribution in [0.1, 0.15) is 16.7 Å². The average Bonchev–Trinajstić information content (AvgIpc) is 4.03. The lowest BCUT2D eigenvalue weighted by molar-refractivity contribution is 0.668. The van der Waals surface area contributed by atoms with Gasteiger partial charge in [0.25, 0.3) is 0 Å². The highest BCUT2D eigenvalue weighted by Crippen LogP contribution is 2.51. The highest BCUT2D eigenvalue weighted by atomic mass is 16.3. The predicted octanol–water partition coefficient (Wildman–Crippen LogP) is 18.5. The third-order valence-electron chi connectivity index (χ3n) is 14.0. The molecule has 0 bridgehead atoms. The van der Waals surface area contributed by atoms with Crippen LogP contribution in [-0.2, 0) is 0 Å². The minimum atomic E-state index is 0.570. The summed E-state index contributed by atoms with van der Waals surface area (Å²) in [6.45, 7) is 8.05. The molecule has 0 amide bonds. The second-order valence-corrected chi connectivity index (χ2v) is 17.9. The van der Waals surface area contributed by atoms with E-state index < -0.39 is 0 Å². The molecule has 11 aromatic carbocycles. The normalized spacial score (nSPS) is 11.8. The summed E-state index contributed by atoms with van der Waals surface area (Å²) in [6, 6.07) is 73.3. The smallest absolute Gasteiger partial charge is 0.159 e. The minimum Gasteiger partial charge on any atom is -0.453 e. The number of rotatable bonds is 10. The maximum absolute atomic E-state index is 9.91. The summed E-state index contributed by atoms with van der Waals surface area (Å²) < 4.78 is 14.1. The molecule has 0 saturated heterocycles. The number of fused-ring (bicyclic) bond motifs is 6. The zero-order valence-electron chi connectivity index (χ0n) is 38.8. The molecule has 2 heterocycles. The van der Waals surface area contributed by atoms with Crippen molar-refractivity contribution < 1.29 is 8.83 Å². The first-order valence-electron chi connectivity index (χ1n) is 23.8. The van der Waals surface area contributed by atoms with Crippen molar-refractivity contribution in [2.75, 3.05) is 9.80 Å². The standard InChI is InChI=1S/C66H40N4O2/c1-3-12-43(4-2)49-15-8-17-51-53-19-10-21-59(65(53)71-63(49)51)69(47-31-23-41(39-67)24-32-47)57-37-29-45-28-36-56-58(38-30-46-27-35-55(57)61(45)62(46)56)70(48-33-25-42(40-68)26-34-48)60-22-11-20-54-52-18-9-16-50(64(52)72-66(54)60)44-13-6-5-7-14-44/h3-38H,1-2H2/b43-12+. The van der Waals surface area contributed by atoms with Crippen molar-refractivity contribution in [2.45, 2.75) is 0 Å². The van der Waals surface area contributed by atoms with Crippen LogP contribution in [-0.4, -0.2) is 0 Å². The minimum absolute atomic E-state index is 0.570. The molecule has 0 aliphatic heterocycles. The summed E-state index contributed by atoms with van der Waals surface area (Å²) in [5, 5.41) is 30.3. The van der Waals surface area contributed by atoms with E-state index in [-0.39, 0.29) is 0 Å². The van der Waals surface area contributed by atoms with Crippen LogP contribution in [0, 0.1) is 22.7 Å². The van der Waals surface area contributed by atoms with Gasteiger partial charge in [-0.3, -0.25) is 0 Å². The van der Waals surface area contributed by atoms with Crippen molar-refractivity contribution in [1.82, 2.24) is 0 Å². The molecule has 2 aromatic heterocycles. The number of nitriles is 2. The summed E-state index contributed by atoms with van der Waals surface area (Å²) in [4.78, 5) is 4.52. The quantitative estimate of drug-likeness (QED) is 0.100. The van der Waals surface area contributed by atoms with E-state index in [0.29, 0.717) is 11.1 Å². The lowest BCUT2D eigenvalue weighted by Gasteiger charge is -2.29. The Labute approximate surface area is 414 Å². The molecule has 336 valence electrons. The molecule has 0 radical (unpaired) electrons. The van der Waals surface area contributed by atoms with Gasteiger partial charge >= 0.3 is 0 Å². The fourth-order valence-corrected chi connectivity index (χ4v) is 10.8. The van der Waals surface area contributed by atoms with Gasteiger partial charge < -0.3 is 18.6 Å². The van der Waals surface area contributed by atoms with E-state index in [9.17, 15) is 10.5 Å². The number of hydrogen-bond donors (Lipinski definition) is 0. The number of hydrogen-bond acceptors (Lipinski definition) is 6. The average molecular weight is 921 g/mol. The van der Waals surface area contributed by atoms with Crippen LogP contribution in [0.3, 0.4) is 0 Å². The van der Waals surface area contributed by atoms with E-state index in [1.807, 2.05) is 66.7 Å². The Balaban J connectivity index is 1.06. The summed E-state index contributed by atoms with van der Waals surface area (Å²) in [7, 11) is 0. The van der Waals surface area contributed by atoms with E-state index in [0.717, 1.165) is 133 Å². The number of para-hydroxylation sites is 4. The summed E-state index contributed by atoms with van der Waals surface area (Å²) in [5.41, 5.74) is 13.6. The molecule has 72 heavy (non-hydrogen) atoms. The van der Waals surface area contributed by atoms with Gasteiger partial charge in [-0.1, -0.05) is 159 Å². The molecule has 0 N–H and O–H groups in total. The second kappa shape index (κ2) is 16.8. The topological polar surface area (TPSA) is 80.3 Å². The maximum Gasteiger partial charge on any atom is 0.159 e. The van der Waals surface area contributed by atoms with Crippen LogP contribution >= 0.6 is 0 Å². The van der Waals surface area contributed by atoms with E-state index in [2.05, 4.69) is 181 Å². The van der Waals surface area contributed by atoms with Crippen molar-refractivity contribution in [1.29, 1.82) is 10.5 Å². The monoisotopic (exact) mass is 920 g/mol. The van der Waals surface area contributed by atoms with Crippen LogP contribution in [0.5, 0.6) is 0 Å². The highest BCUT2D eigenvalue weighted by Gasteiger charge is 2.26. The van der Waals surface area contributed by atoms with Crippen molar-refractivity contribution >= 4 is 116 Å². The Morgan fingerprint density at radius 3 is 1.40 bits per heavy atom. The second-order valence-electron chi connectivity index (χ2n) is 17.9. The molecule has 0 unspecified atom stereocenters. The Morgan fingerprint density at radius 1 is 0.417 bits per heavy atom. The van der Waals surface area contributed by atoms with Gasteiger partial charge in [-0.2, -0.15) is 10.5 Å². The van der Waals surface area contributed by atoms with Gasteiger partial charge in [0.1, 0.15) is 11.2 Å². The summed E-state index contributed by atoms with van der Waals surface area (Å²) in [5.74, 6) is 0. The van der Waals surface area contributed by atoms with Gasteiger partial charge in [0.05, 0.1) is 46.0 Å². The molecule has 0 spiro atoms. The number of anilines is 6. The largest absolute Gasteiger partial charge is 0.453 e. The van der Waals surface area contributed by atoms with Crippen molar-refractivity contribution in [3.63, 3.8) is 0 Å². The van der Waals surface area contributed by atoms with Crippen LogP contribution in [0.4, 0.5) is 34.1 Å². The molecule has 6 nitrogen and oxygen atoms in total. The van der Waals surface area contributed by atoms with Gasteiger partial charge in [-0.05, 0) is 105 Å². The Bertz CT molecular complexity index is 4450. The number of nitrogens with zero attached hydrogens (tertiary/aromatic N) is 4. The Hall–Kier alpha value is -10.1. The van der Waals surface area contributed by atoms with Crippen LogP contribution in [0.25, 0.3) is 92.9 Å². The maximum atomic E-state index is 9.91. The first-order valence-corrected chi connectivity index (χ1v) is 23.8. The SMILES string of the molecule is C=C/C=C(\C=C)c1cccc2c1oc1c(N(c3ccc(C#N)cc3)c3ccc4ccc5c(N(c6ccc(C#N)cc6)c6cccc7c6oc6c(-c8ccccc8)cccc67)ccc6ccc3c4c65)cccc12. The van der Waals surface area contributed by atoms with E-state index in [1.54, 1.807) is 6.08 Å². The van der Waals surface area contributed by atoms with Gasteiger partial charge in [-0.25, -0.2) is 0 Å². The summed E-state index contributed by atoms with van der Waals surface area (Å²) >= 11 is 0. The van der Waals surface area contributed by atoms with Crippen LogP contribution < -0.4 is 9.80 Å². The molecule has 6 heteroatoms. The number of furan rings is 2. The number of benzene rings is 11. The molecule has 0 fully saturated rings. The van der Waals surface area contributed by atoms with Gasteiger partial charge in [-0.15, -0.1) is 0 Å². The fourth-order valence-electron chi connectivity index (χ4n) is 10.8. The fraction of sp³-hybridized carbons (Fsp3) is 0. The van der Waals surface area contributed by atoms with Crippen molar-refractivity contribution in [2.24, 2.45) is 0 Å². The van der Waals surface area contributed by atoms with Crippen LogP contribution in [0.2, 0.25) is 0 Å². The van der Waals surface area contributed by atoms with Gasteiger partial charge in [0.2, 0.25) is 0 Å². The van der Waals surface area contributed by atoms with Gasteiger partial charge in [0, 0.05) is 54.8 Å². The zero-order chi connectivity index (χ0) is 48.5. The molecule has 0 saturated carbocycles. The molecule has 13 aromatic rings. The first kappa shape index (κ1) is 42.0. The third kappa shape index (κ3) is 6.48. The highest BCUT2D eigenvalue weighted by molar-refractivity contribution is 6.29. The van der Waals surface area contributed by atoms with E-state index in [1.165, 1.54) is 0 Å². The van der Waals surface area contributed by atoms with E-state index in [4.69, 9.17) is 8.83 Å². The molecular weight excluding hydrogens is 881 g/mol. The Morgan fingerprint density at radius 2 is 0.889 bits per heavy atom. The van der Waals surface area contributed by atoms with Crippen molar-refractivity contribution in [3.05, 3.63) is 248 Å². The molecule has 13 rings (SSSR count). The van der Waals surface area contributed by atoms with Gasteiger partial charge in [0.15, 0.2) is 11.2 Å². The zero-order valence-corrected chi connectivity index (χ0v) is 38.8. The molecule has 0 atom stereocenters. The van der Waals surface area contributed by atoms with Crippen LogP contribution in [0.15, 0.2) is 240 Å². The molecule has 0 aliphatic rings. The van der Waals surface area contributed by atoms with Crippen molar-refractivity contribution in [3.8, 4) is 23.3 Å².